The van der Waals surface area contributed by atoms with Crippen LogP contribution in [0.15, 0.2) is 109 Å². The van der Waals surface area contributed by atoms with Crippen molar-refractivity contribution in [1.29, 1.82) is 0 Å². The predicted octanol–water partition coefficient (Wildman–Crippen LogP) is 10.7. The van der Waals surface area contributed by atoms with Crippen LogP contribution in [0.25, 0.3) is 43.1 Å². The first-order chi connectivity index (χ1) is 29.9. The van der Waals surface area contributed by atoms with Crippen molar-refractivity contribution < 1.29 is 28.7 Å². The maximum atomic E-state index is 14.1. The molecule has 0 aliphatic rings. The molecule has 63 heavy (non-hydrogen) atoms. The summed E-state index contributed by atoms with van der Waals surface area (Å²) >= 11 is 1.20. The highest BCUT2D eigenvalue weighted by molar-refractivity contribution is 7.15. The molecule has 1 aromatic heterocycles. The Labute approximate surface area is 373 Å². The number of fused-ring (bicyclic) bond motifs is 4. The van der Waals surface area contributed by atoms with E-state index in [9.17, 15) is 19.2 Å². The van der Waals surface area contributed by atoms with Crippen molar-refractivity contribution in [2.75, 3.05) is 27.7 Å². The molecular weight excluding hydrogens is 809 g/mol. The minimum absolute atomic E-state index is 0.0810. The quantitative estimate of drug-likeness (QED) is 0.0962. The lowest BCUT2D eigenvalue weighted by Crippen LogP contribution is -2.34. The standard InChI is InChI=1S/C52H56N4O6S/c1-51(2,3)61-47(57)29-53-28-41-33-18-10-12-20-35(33)42(36-21-13-11-19-34(36)41)30-54(7)48(58)45-26-27-46(63-45)49(59)55(8)31-43-37-22-14-16-24-39(37)44(40-25-17-15-23-38(40)43)32-56(9)50(60)62-52(4,5)6/h10-27,53H,28-32H2,1-9H3. The molecule has 0 unspecified atom stereocenters. The second-order valence-corrected chi connectivity index (χ2v) is 19.2. The van der Waals surface area contributed by atoms with Gasteiger partial charge in [0.05, 0.1) is 16.3 Å². The van der Waals surface area contributed by atoms with Gasteiger partial charge in [-0.2, -0.15) is 0 Å². The Kier molecular flexibility index (Phi) is 12.9. The molecule has 7 rings (SSSR count). The van der Waals surface area contributed by atoms with Crippen molar-refractivity contribution in [3.8, 4) is 0 Å². The molecule has 0 radical (unpaired) electrons. The van der Waals surface area contributed by atoms with E-state index >= 15 is 0 Å². The van der Waals surface area contributed by atoms with E-state index in [0.29, 0.717) is 35.9 Å². The number of esters is 1. The van der Waals surface area contributed by atoms with E-state index in [-0.39, 0.29) is 24.3 Å². The second-order valence-electron chi connectivity index (χ2n) is 18.1. The first-order valence-electron chi connectivity index (χ1n) is 21.2. The van der Waals surface area contributed by atoms with Crippen LogP contribution in [0.1, 0.15) is 83.1 Å². The summed E-state index contributed by atoms with van der Waals surface area (Å²) in [5.41, 5.74) is 2.90. The highest BCUT2D eigenvalue weighted by Gasteiger charge is 2.25. The van der Waals surface area contributed by atoms with Crippen LogP contribution in [0.4, 0.5) is 4.79 Å². The molecule has 0 saturated carbocycles. The molecule has 0 atom stereocenters. The number of carbonyl (C=O) groups is 4. The van der Waals surface area contributed by atoms with Crippen molar-refractivity contribution in [3.63, 3.8) is 0 Å². The molecule has 11 heteroatoms. The van der Waals surface area contributed by atoms with E-state index in [1.807, 2.05) is 90.1 Å². The number of nitrogens with zero attached hydrogens (tertiary/aromatic N) is 3. The van der Waals surface area contributed by atoms with Crippen LogP contribution < -0.4 is 5.32 Å². The van der Waals surface area contributed by atoms with Crippen LogP contribution in [-0.2, 0) is 40.4 Å². The number of nitrogens with one attached hydrogen (secondary N) is 1. The van der Waals surface area contributed by atoms with Crippen LogP contribution in [0.2, 0.25) is 0 Å². The first kappa shape index (κ1) is 44.7. The largest absolute Gasteiger partial charge is 0.459 e. The Bertz CT molecular complexity index is 2760. The van der Waals surface area contributed by atoms with E-state index in [4.69, 9.17) is 9.47 Å². The molecule has 0 aliphatic carbocycles. The number of hydrogen-bond acceptors (Lipinski definition) is 8. The van der Waals surface area contributed by atoms with Gasteiger partial charge >= 0.3 is 12.1 Å². The van der Waals surface area contributed by atoms with Crippen LogP contribution in [0.3, 0.4) is 0 Å². The third-order valence-corrected chi connectivity index (χ3v) is 12.0. The van der Waals surface area contributed by atoms with Crippen LogP contribution >= 0.6 is 11.3 Å². The molecule has 1 heterocycles. The van der Waals surface area contributed by atoms with Gasteiger partial charge in [-0.3, -0.25) is 14.4 Å². The average molecular weight is 865 g/mol. The van der Waals surface area contributed by atoms with E-state index in [2.05, 4.69) is 53.8 Å². The van der Waals surface area contributed by atoms with Crippen LogP contribution in [-0.4, -0.2) is 77.5 Å². The Balaban J connectivity index is 1.11. The highest BCUT2D eigenvalue weighted by Crippen LogP contribution is 2.36. The molecule has 326 valence electrons. The minimum Gasteiger partial charge on any atom is -0.459 e. The monoisotopic (exact) mass is 864 g/mol. The summed E-state index contributed by atoms with van der Waals surface area (Å²) in [7, 11) is 5.32. The number of carbonyl (C=O) groups excluding carboxylic acids is 4. The lowest BCUT2D eigenvalue weighted by atomic mass is 9.91. The normalized spacial score (nSPS) is 11.9. The second kappa shape index (κ2) is 18.2. The maximum absolute atomic E-state index is 14.1. The van der Waals surface area contributed by atoms with Crippen molar-refractivity contribution >= 4 is 78.3 Å². The van der Waals surface area contributed by atoms with Gasteiger partial charge in [0.15, 0.2) is 0 Å². The summed E-state index contributed by atoms with van der Waals surface area (Å²) in [6, 6.07) is 36.0. The zero-order valence-corrected chi connectivity index (χ0v) is 38.4. The predicted molar refractivity (Wildman–Crippen MR) is 254 cm³/mol. The third kappa shape index (κ3) is 10.0. The van der Waals surface area contributed by atoms with Crippen LogP contribution in [0.5, 0.6) is 0 Å². The van der Waals surface area contributed by atoms with E-state index in [0.717, 1.165) is 65.3 Å². The number of amides is 3. The average Bonchev–Trinajstić information content (AvgIpc) is 3.74. The first-order valence-corrected chi connectivity index (χ1v) is 22.0. The summed E-state index contributed by atoms with van der Waals surface area (Å²) in [6.07, 6.45) is -0.399. The van der Waals surface area contributed by atoms with Crippen LogP contribution in [0, 0.1) is 0 Å². The van der Waals surface area contributed by atoms with Gasteiger partial charge < -0.3 is 29.5 Å². The van der Waals surface area contributed by atoms with E-state index in [1.165, 1.54) is 11.3 Å². The number of hydrogen-bond donors (Lipinski definition) is 1. The van der Waals surface area contributed by atoms with Gasteiger partial charge in [0, 0.05) is 47.3 Å². The fourth-order valence-electron chi connectivity index (χ4n) is 8.19. The van der Waals surface area contributed by atoms with Gasteiger partial charge in [-0.05, 0) is 119 Å². The van der Waals surface area contributed by atoms with Gasteiger partial charge in [0.2, 0.25) is 0 Å². The number of rotatable bonds is 12. The zero-order valence-electron chi connectivity index (χ0n) is 37.6. The van der Waals surface area contributed by atoms with Gasteiger partial charge in [-0.1, -0.05) is 97.1 Å². The molecular formula is C52H56N4O6S. The van der Waals surface area contributed by atoms with Gasteiger partial charge in [0.25, 0.3) is 11.8 Å². The summed E-state index contributed by atoms with van der Waals surface area (Å²) < 4.78 is 11.2. The smallest absolute Gasteiger partial charge is 0.410 e. The molecule has 0 aliphatic heterocycles. The van der Waals surface area contributed by atoms with Crippen molar-refractivity contribution in [2.24, 2.45) is 0 Å². The van der Waals surface area contributed by atoms with Gasteiger partial charge in [-0.15, -0.1) is 11.3 Å². The fourth-order valence-corrected chi connectivity index (χ4v) is 9.19. The Morgan fingerprint density at radius 1 is 0.476 bits per heavy atom. The number of benzene rings is 6. The van der Waals surface area contributed by atoms with Crippen molar-refractivity contribution in [2.45, 2.75) is 78.9 Å². The Morgan fingerprint density at radius 2 is 0.794 bits per heavy atom. The number of thiophene rings is 1. The molecule has 0 bridgehead atoms. The molecule has 7 aromatic rings. The topological polar surface area (TPSA) is 108 Å². The SMILES string of the molecule is CN(Cc1c2ccccc2c(CN(C)C(=O)c2ccc(C(=O)N(C)Cc3c4ccccc4c(CNCC(=O)OC(C)(C)C)c4ccccc34)s2)c2ccccc12)C(=O)OC(C)(C)C. The molecule has 0 saturated heterocycles. The molecule has 0 fully saturated rings. The van der Waals surface area contributed by atoms with E-state index in [1.54, 1.807) is 48.0 Å². The molecule has 3 amide bonds. The Hall–Kier alpha value is -6.30. The summed E-state index contributed by atoms with van der Waals surface area (Å²) in [5.74, 6) is -0.675. The third-order valence-electron chi connectivity index (χ3n) is 10.9. The van der Waals surface area contributed by atoms with Crippen molar-refractivity contribution in [3.05, 3.63) is 141 Å². The highest BCUT2D eigenvalue weighted by atomic mass is 32.1. The van der Waals surface area contributed by atoms with Crippen molar-refractivity contribution in [1.82, 2.24) is 20.0 Å². The van der Waals surface area contributed by atoms with E-state index < -0.39 is 17.3 Å². The Morgan fingerprint density at radius 3 is 1.13 bits per heavy atom. The molecule has 10 nitrogen and oxygen atoms in total. The molecule has 6 aromatic carbocycles. The fraction of sp³-hybridized carbons (Fsp3) is 0.308. The summed E-state index contributed by atoms with van der Waals surface area (Å²) in [5, 5.41) is 11.4. The minimum atomic E-state index is -0.618. The molecule has 1 N–H and O–H groups in total. The zero-order chi connectivity index (χ0) is 45.2. The summed E-state index contributed by atoms with van der Waals surface area (Å²) in [4.78, 5) is 59.7. The summed E-state index contributed by atoms with van der Waals surface area (Å²) in [6.45, 7) is 12.7. The van der Waals surface area contributed by atoms with Gasteiger partial charge in [0.1, 0.15) is 11.2 Å². The maximum Gasteiger partial charge on any atom is 0.410 e. The lowest BCUT2D eigenvalue weighted by Gasteiger charge is -2.26. The number of ether oxygens (including phenoxy) is 2. The lowest BCUT2D eigenvalue weighted by molar-refractivity contribution is -0.153. The molecule has 0 spiro atoms. The van der Waals surface area contributed by atoms with Gasteiger partial charge in [-0.25, -0.2) is 4.79 Å².